The summed E-state index contributed by atoms with van der Waals surface area (Å²) in [5.74, 6) is -0.364. The molecule has 0 spiro atoms. The van der Waals surface area contributed by atoms with Gasteiger partial charge in [0, 0.05) is 37.6 Å². The summed E-state index contributed by atoms with van der Waals surface area (Å²) in [4.78, 5) is 39.1. The summed E-state index contributed by atoms with van der Waals surface area (Å²) >= 11 is 0. The minimum Gasteiger partial charge on any atom is -0.451 e. The number of hydrogen-bond donors (Lipinski definition) is 0. The lowest BCUT2D eigenvalue weighted by Gasteiger charge is -2.34. The van der Waals surface area contributed by atoms with E-state index in [1.807, 2.05) is 18.2 Å². The SMILES string of the molecule is O=C(c1cc2ccccc2o1)N1CCN(C(=O)c2ccccc2[N+](=O)[O-])CC1. The van der Waals surface area contributed by atoms with Gasteiger partial charge in [-0.2, -0.15) is 0 Å². The first-order valence-corrected chi connectivity index (χ1v) is 8.85. The van der Waals surface area contributed by atoms with Gasteiger partial charge in [-0.25, -0.2) is 0 Å². The first-order valence-electron chi connectivity index (χ1n) is 8.85. The highest BCUT2D eigenvalue weighted by Gasteiger charge is 2.29. The fourth-order valence-electron chi connectivity index (χ4n) is 3.34. The van der Waals surface area contributed by atoms with Crippen LogP contribution in [0.15, 0.2) is 59.0 Å². The van der Waals surface area contributed by atoms with Crippen LogP contribution in [0.2, 0.25) is 0 Å². The second-order valence-electron chi connectivity index (χ2n) is 6.51. The van der Waals surface area contributed by atoms with Crippen molar-refractivity contribution in [2.24, 2.45) is 0 Å². The van der Waals surface area contributed by atoms with Crippen molar-refractivity contribution in [1.29, 1.82) is 0 Å². The van der Waals surface area contributed by atoms with E-state index in [0.717, 1.165) is 5.39 Å². The van der Waals surface area contributed by atoms with Crippen LogP contribution in [0.25, 0.3) is 11.0 Å². The maximum Gasteiger partial charge on any atom is 0.289 e. The molecule has 3 aromatic rings. The molecule has 2 amide bonds. The molecule has 1 saturated heterocycles. The summed E-state index contributed by atoms with van der Waals surface area (Å²) < 4.78 is 5.62. The number of nitro benzene ring substituents is 1. The van der Waals surface area contributed by atoms with Crippen molar-refractivity contribution >= 4 is 28.5 Å². The van der Waals surface area contributed by atoms with Crippen molar-refractivity contribution in [2.45, 2.75) is 0 Å². The number of carbonyl (C=O) groups is 2. The van der Waals surface area contributed by atoms with Crippen molar-refractivity contribution in [1.82, 2.24) is 9.80 Å². The predicted octanol–water partition coefficient (Wildman–Crippen LogP) is 2.94. The van der Waals surface area contributed by atoms with E-state index < -0.39 is 10.8 Å². The molecule has 1 fully saturated rings. The molecule has 0 atom stereocenters. The maximum absolute atomic E-state index is 12.7. The van der Waals surface area contributed by atoms with Gasteiger partial charge in [0.25, 0.3) is 17.5 Å². The van der Waals surface area contributed by atoms with Crippen molar-refractivity contribution < 1.29 is 18.9 Å². The number of para-hydroxylation sites is 2. The third kappa shape index (κ3) is 3.20. The van der Waals surface area contributed by atoms with Gasteiger partial charge in [0.1, 0.15) is 11.1 Å². The molecule has 8 nitrogen and oxygen atoms in total. The van der Waals surface area contributed by atoms with E-state index >= 15 is 0 Å². The van der Waals surface area contributed by atoms with Crippen LogP contribution in [-0.4, -0.2) is 52.7 Å². The largest absolute Gasteiger partial charge is 0.451 e. The van der Waals surface area contributed by atoms with E-state index in [4.69, 9.17) is 4.42 Å². The van der Waals surface area contributed by atoms with E-state index in [1.165, 1.54) is 23.1 Å². The summed E-state index contributed by atoms with van der Waals surface area (Å²) in [6.07, 6.45) is 0. The lowest BCUT2D eigenvalue weighted by molar-refractivity contribution is -0.385. The van der Waals surface area contributed by atoms with Gasteiger partial charge in [-0.15, -0.1) is 0 Å². The number of carbonyl (C=O) groups excluding carboxylic acids is 2. The number of fused-ring (bicyclic) bond motifs is 1. The Balaban J connectivity index is 1.45. The number of amides is 2. The Bertz CT molecular complexity index is 1030. The van der Waals surface area contributed by atoms with Crippen LogP contribution in [0, 0.1) is 10.1 Å². The molecule has 28 heavy (non-hydrogen) atoms. The minimum absolute atomic E-state index is 0.0598. The number of piperazine rings is 1. The monoisotopic (exact) mass is 379 g/mol. The molecule has 1 aliphatic heterocycles. The van der Waals surface area contributed by atoms with Crippen LogP contribution in [0.3, 0.4) is 0 Å². The number of nitrogens with zero attached hydrogens (tertiary/aromatic N) is 3. The topological polar surface area (TPSA) is 96.9 Å². The number of furan rings is 1. The van der Waals surface area contributed by atoms with Crippen LogP contribution in [0.4, 0.5) is 5.69 Å². The zero-order chi connectivity index (χ0) is 19.7. The van der Waals surface area contributed by atoms with Crippen LogP contribution >= 0.6 is 0 Å². The molecule has 142 valence electrons. The number of benzene rings is 2. The lowest BCUT2D eigenvalue weighted by atomic mass is 10.1. The van der Waals surface area contributed by atoms with Gasteiger partial charge < -0.3 is 14.2 Å². The van der Waals surface area contributed by atoms with Crippen molar-refractivity contribution in [3.63, 3.8) is 0 Å². The molecule has 0 N–H and O–H groups in total. The Morgan fingerprint density at radius 3 is 2.18 bits per heavy atom. The Morgan fingerprint density at radius 2 is 1.50 bits per heavy atom. The first kappa shape index (κ1) is 17.7. The summed E-state index contributed by atoms with van der Waals surface area (Å²) in [6.45, 7) is 1.28. The Labute approximate surface area is 160 Å². The molecular weight excluding hydrogens is 362 g/mol. The minimum atomic E-state index is -0.561. The standard InChI is InChI=1S/C20H17N3O5/c24-19(15-6-2-3-7-16(15)23(26)27)21-9-11-22(12-10-21)20(25)18-13-14-5-1-4-8-17(14)28-18/h1-8,13H,9-12H2. The van der Waals surface area contributed by atoms with E-state index in [1.54, 1.807) is 23.1 Å². The molecule has 8 heteroatoms. The Hall–Kier alpha value is -3.68. The van der Waals surface area contributed by atoms with Crippen molar-refractivity contribution in [2.75, 3.05) is 26.2 Å². The van der Waals surface area contributed by atoms with Gasteiger partial charge in [0.15, 0.2) is 5.76 Å². The highest BCUT2D eigenvalue weighted by molar-refractivity contribution is 5.99. The fourth-order valence-corrected chi connectivity index (χ4v) is 3.34. The Morgan fingerprint density at radius 1 is 0.893 bits per heavy atom. The molecule has 4 rings (SSSR count). The Kier molecular flexibility index (Phi) is 4.52. The lowest BCUT2D eigenvalue weighted by Crippen LogP contribution is -2.50. The van der Waals surface area contributed by atoms with E-state index in [-0.39, 0.29) is 22.9 Å². The van der Waals surface area contributed by atoms with Crippen LogP contribution in [0.1, 0.15) is 20.9 Å². The van der Waals surface area contributed by atoms with Gasteiger partial charge in [-0.05, 0) is 18.2 Å². The molecule has 0 radical (unpaired) electrons. The summed E-state index contributed by atoms with van der Waals surface area (Å²) in [5.41, 5.74) is 0.494. The quantitative estimate of drug-likeness (QED) is 0.515. The van der Waals surface area contributed by atoms with Crippen LogP contribution in [0.5, 0.6) is 0 Å². The van der Waals surface area contributed by atoms with Gasteiger partial charge in [-0.3, -0.25) is 19.7 Å². The van der Waals surface area contributed by atoms with E-state index in [0.29, 0.717) is 31.8 Å². The van der Waals surface area contributed by atoms with Crippen molar-refractivity contribution in [3.05, 3.63) is 76.0 Å². The average Bonchev–Trinajstić information content (AvgIpc) is 3.17. The van der Waals surface area contributed by atoms with Crippen LogP contribution in [-0.2, 0) is 0 Å². The van der Waals surface area contributed by atoms with Crippen LogP contribution < -0.4 is 0 Å². The summed E-state index contributed by atoms with van der Waals surface area (Å²) in [7, 11) is 0. The smallest absolute Gasteiger partial charge is 0.289 e. The summed E-state index contributed by atoms with van der Waals surface area (Å²) in [5, 5.41) is 12.0. The average molecular weight is 379 g/mol. The molecule has 2 aromatic carbocycles. The first-order chi connectivity index (χ1) is 13.5. The van der Waals surface area contributed by atoms with E-state index in [2.05, 4.69) is 0 Å². The number of nitro groups is 1. The fraction of sp³-hybridized carbons (Fsp3) is 0.200. The molecule has 1 aliphatic rings. The third-order valence-electron chi connectivity index (χ3n) is 4.82. The van der Waals surface area contributed by atoms with Gasteiger partial charge in [0.2, 0.25) is 0 Å². The van der Waals surface area contributed by atoms with Gasteiger partial charge >= 0.3 is 0 Å². The van der Waals surface area contributed by atoms with Crippen molar-refractivity contribution in [3.8, 4) is 0 Å². The van der Waals surface area contributed by atoms with Gasteiger partial charge in [0.05, 0.1) is 4.92 Å². The maximum atomic E-state index is 12.7. The predicted molar refractivity (Wildman–Crippen MR) is 101 cm³/mol. The molecule has 0 bridgehead atoms. The molecule has 0 aliphatic carbocycles. The third-order valence-corrected chi connectivity index (χ3v) is 4.82. The number of rotatable bonds is 3. The molecular formula is C20H17N3O5. The second-order valence-corrected chi connectivity index (χ2v) is 6.51. The van der Waals surface area contributed by atoms with Gasteiger partial charge in [-0.1, -0.05) is 30.3 Å². The zero-order valence-electron chi connectivity index (χ0n) is 14.9. The molecule has 2 heterocycles. The van der Waals surface area contributed by atoms with E-state index in [9.17, 15) is 19.7 Å². The highest BCUT2D eigenvalue weighted by atomic mass is 16.6. The molecule has 0 saturated carbocycles. The number of hydrogen-bond acceptors (Lipinski definition) is 5. The summed E-state index contributed by atoms with van der Waals surface area (Å²) in [6, 6.07) is 15.0. The normalized spacial score (nSPS) is 14.3. The second kappa shape index (κ2) is 7.15. The highest BCUT2D eigenvalue weighted by Crippen LogP contribution is 2.22. The molecule has 1 aromatic heterocycles. The zero-order valence-corrected chi connectivity index (χ0v) is 14.9. The molecule has 0 unspecified atom stereocenters.